The van der Waals surface area contributed by atoms with Crippen molar-refractivity contribution in [2.24, 2.45) is 0 Å². The van der Waals surface area contributed by atoms with Crippen LogP contribution >= 0.6 is 15.9 Å². The van der Waals surface area contributed by atoms with Gasteiger partial charge in [0.2, 0.25) is 0 Å². The zero-order valence-electron chi connectivity index (χ0n) is 6.35. The Morgan fingerprint density at radius 1 is 1.42 bits per heavy atom. The molecule has 0 bridgehead atoms. The van der Waals surface area contributed by atoms with Crippen molar-refractivity contribution in [2.75, 3.05) is 0 Å². The third kappa shape index (κ3) is 1.22. The Balaban J connectivity index is 2.55. The van der Waals surface area contributed by atoms with Gasteiger partial charge in [0, 0.05) is 5.56 Å². The van der Waals surface area contributed by atoms with Crippen molar-refractivity contribution in [3.63, 3.8) is 0 Å². The van der Waals surface area contributed by atoms with Crippen LogP contribution in [0.2, 0.25) is 0 Å². The fraction of sp³-hybridized carbons (Fsp3) is 0.333. The first-order valence-corrected chi connectivity index (χ1v) is 4.66. The number of phenols is 1. The Bertz CT molecular complexity index is 321. The van der Waals surface area contributed by atoms with Crippen molar-refractivity contribution >= 4 is 15.9 Å². The SMILES string of the molecule is Oc1c(Br)ccc(F)c1C1CC1. The van der Waals surface area contributed by atoms with E-state index in [2.05, 4.69) is 15.9 Å². The van der Waals surface area contributed by atoms with Crippen molar-refractivity contribution in [3.8, 4) is 5.75 Å². The monoisotopic (exact) mass is 230 g/mol. The molecule has 0 aromatic heterocycles. The number of phenolic OH excluding ortho intramolecular Hbond substituents is 1. The molecule has 0 amide bonds. The highest BCUT2D eigenvalue weighted by atomic mass is 79.9. The molecule has 64 valence electrons. The predicted molar refractivity (Wildman–Crippen MR) is 47.7 cm³/mol. The van der Waals surface area contributed by atoms with Crippen LogP contribution in [0.15, 0.2) is 16.6 Å². The van der Waals surface area contributed by atoms with Gasteiger partial charge in [-0.25, -0.2) is 4.39 Å². The van der Waals surface area contributed by atoms with Crippen molar-refractivity contribution < 1.29 is 9.50 Å². The Hall–Kier alpha value is -0.570. The molecule has 0 saturated heterocycles. The van der Waals surface area contributed by atoms with E-state index in [0.717, 1.165) is 12.8 Å². The van der Waals surface area contributed by atoms with Gasteiger partial charge in [-0.15, -0.1) is 0 Å². The topological polar surface area (TPSA) is 20.2 Å². The van der Waals surface area contributed by atoms with Crippen LogP contribution in [-0.2, 0) is 0 Å². The van der Waals surface area contributed by atoms with Gasteiger partial charge in [-0.2, -0.15) is 0 Å². The standard InChI is InChI=1S/C9H8BrFO/c10-6-3-4-7(11)8(9(6)12)5-1-2-5/h3-5,12H,1-2H2. The van der Waals surface area contributed by atoms with Gasteiger partial charge in [0.15, 0.2) is 0 Å². The lowest BCUT2D eigenvalue weighted by atomic mass is 10.1. The zero-order valence-corrected chi connectivity index (χ0v) is 7.94. The molecule has 0 unspecified atom stereocenters. The predicted octanol–water partition coefficient (Wildman–Crippen LogP) is 3.17. The third-order valence-corrected chi connectivity index (χ3v) is 2.74. The highest BCUT2D eigenvalue weighted by Crippen LogP contribution is 2.47. The summed E-state index contributed by atoms with van der Waals surface area (Å²) in [6, 6.07) is 2.91. The summed E-state index contributed by atoms with van der Waals surface area (Å²) in [5, 5.41) is 9.50. The van der Waals surface area contributed by atoms with E-state index >= 15 is 0 Å². The molecule has 2 rings (SSSR count). The van der Waals surface area contributed by atoms with Crippen molar-refractivity contribution in [1.29, 1.82) is 0 Å². The van der Waals surface area contributed by atoms with Crippen molar-refractivity contribution in [1.82, 2.24) is 0 Å². The molecule has 1 nitrogen and oxygen atoms in total. The fourth-order valence-electron chi connectivity index (χ4n) is 1.32. The smallest absolute Gasteiger partial charge is 0.136 e. The minimum Gasteiger partial charge on any atom is -0.506 e. The number of halogens is 2. The molecule has 1 aliphatic carbocycles. The number of rotatable bonds is 1. The highest BCUT2D eigenvalue weighted by molar-refractivity contribution is 9.10. The van der Waals surface area contributed by atoms with E-state index in [1.54, 1.807) is 0 Å². The molecule has 12 heavy (non-hydrogen) atoms. The van der Waals surface area contributed by atoms with Gasteiger partial charge in [0.1, 0.15) is 11.6 Å². The van der Waals surface area contributed by atoms with Crippen molar-refractivity contribution in [2.45, 2.75) is 18.8 Å². The van der Waals surface area contributed by atoms with Crippen LogP contribution in [0.4, 0.5) is 4.39 Å². The summed E-state index contributed by atoms with van der Waals surface area (Å²) in [4.78, 5) is 0. The first kappa shape index (κ1) is 8.05. The van der Waals surface area contributed by atoms with Gasteiger partial charge in [0.05, 0.1) is 4.47 Å². The van der Waals surface area contributed by atoms with Crippen LogP contribution in [0.25, 0.3) is 0 Å². The minimum atomic E-state index is -0.293. The Morgan fingerprint density at radius 3 is 2.67 bits per heavy atom. The second kappa shape index (κ2) is 2.73. The molecule has 0 heterocycles. The van der Waals surface area contributed by atoms with Gasteiger partial charge in [-0.1, -0.05) is 0 Å². The molecule has 1 fully saturated rings. The zero-order chi connectivity index (χ0) is 8.72. The van der Waals surface area contributed by atoms with E-state index in [0.29, 0.717) is 10.0 Å². The molecule has 0 atom stereocenters. The van der Waals surface area contributed by atoms with Crippen LogP contribution in [0, 0.1) is 5.82 Å². The molecular formula is C9H8BrFO. The fourth-order valence-corrected chi connectivity index (χ4v) is 1.66. The van der Waals surface area contributed by atoms with E-state index in [9.17, 15) is 9.50 Å². The summed E-state index contributed by atoms with van der Waals surface area (Å²) in [5.41, 5.74) is 0.476. The van der Waals surface area contributed by atoms with Crippen LogP contribution in [0.5, 0.6) is 5.75 Å². The van der Waals surface area contributed by atoms with E-state index < -0.39 is 0 Å². The number of hydrogen-bond donors (Lipinski definition) is 1. The largest absolute Gasteiger partial charge is 0.506 e. The molecule has 1 aliphatic rings. The lowest BCUT2D eigenvalue weighted by Gasteiger charge is -2.05. The second-order valence-corrected chi connectivity index (χ2v) is 3.92. The quantitative estimate of drug-likeness (QED) is 0.786. The first-order chi connectivity index (χ1) is 5.70. The Morgan fingerprint density at radius 2 is 2.08 bits per heavy atom. The maximum atomic E-state index is 13.1. The maximum Gasteiger partial charge on any atom is 0.136 e. The van der Waals surface area contributed by atoms with Gasteiger partial charge in [0.25, 0.3) is 0 Å². The molecule has 1 saturated carbocycles. The summed E-state index contributed by atoms with van der Waals surface area (Å²) in [7, 11) is 0. The lowest BCUT2D eigenvalue weighted by molar-refractivity contribution is 0.455. The second-order valence-electron chi connectivity index (χ2n) is 3.07. The average Bonchev–Trinajstić information content (AvgIpc) is 2.81. The van der Waals surface area contributed by atoms with E-state index in [1.165, 1.54) is 12.1 Å². The summed E-state index contributed by atoms with van der Waals surface area (Å²) in [6.45, 7) is 0. The summed E-state index contributed by atoms with van der Waals surface area (Å²) in [6.07, 6.45) is 1.97. The van der Waals surface area contributed by atoms with Crippen LogP contribution < -0.4 is 0 Å². The van der Waals surface area contributed by atoms with Crippen LogP contribution in [0.1, 0.15) is 24.3 Å². The Kier molecular flexibility index (Phi) is 1.83. The summed E-state index contributed by atoms with van der Waals surface area (Å²) in [5.74, 6) is 0.0122. The molecule has 1 aromatic carbocycles. The number of benzene rings is 1. The normalized spacial score (nSPS) is 16.5. The average molecular weight is 231 g/mol. The minimum absolute atomic E-state index is 0.0671. The molecule has 0 aliphatic heterocycles. The maximum absolute atomic E-state index is 13.1. The van der Waals surface area contributed by atoms with Gasteiger partial charge >= 0.3 is 0 Å². The third-order valence-electron chi connectivity index (χ3n) is 2.10. The van der Waals surface area contributed by atoms with Gasteiger partial charge in [-0.3, -0.25) is 0 Å². The number of aromatic hydroxyl groups is 1. The summed E-state index contributed by atoms with van der Waals surface area (Å²) >= 11 is 3.16. The highest BCUT2D eigenvalue weighted by Gasteiger charge is 2.30. The first-order valence-electron chi connectivity index (χ1n) is 3.87. The van der Waals surface area contributed by atoms with Gasteiger partial charge in [-0.05, 0) is 46.8 Å². The van der Waals surface area contributed by atoms with Crippen molar-refractivity contribution in [3.05, 3.63) is 28.0 Å². The summed E-state index contributed by atoms with van der Waals surface area (Å²) < 4.78 is 13.7. The van der Waals surface area contributed by atoms with E-state index in [4.69, 9.17) is 0 Å². The molecular weight excluding hydrogens is 223 g/mol. The van der Waals surface area contributed by atoms with E-state index in [-0.39, 0.29) is 17.5 Å². The molecule has 1 aromatic rings. The molecule has 1 N–H and O–H groups in total. The van der Waals surface area contributed by atoms with E-state index in [1.807, 2.05) is 0 Å². The molecule has 0 spiro atoms. The Labute approximate surface area is 78.3 Å². The van der Waals surface area contributed by atoms with Gasteiger partial charge < -0.3 is 5.11 Å². The molecule has 3 heteroatoms. The number of hydrogen-bond acceptors (Lipinski definition) is 1. The molecule has 0 radical (unpaired) electrons. The van der Waals surface area contributed by atoms with Crippen LogP contribution in [0.3, 0.4) is 0 Å². The van der Waals surface area contributed by atoms with Crippen LogP contribution in [-0.4, -0.2) is 5.11 Å². The lowest BCUT2D eigenvalue weighted by Crippen LogP contribution is -1.88.